The lowest BCUT2D eigenvalue weighted by molar-refractivity contribution is 0.516. The summed E-state index contributed by atoms with van der Waals surface area (Å²) in [6, 6.07) is 6.50. The van der Waals surface area contributed by atoms with E-state index in [2.05, 4.69) is 58.1 Å². The third kappa shape index (κ3) is 3.34. The van der Waals surface area contributed by atoms with Gasteiger partial charge in [-0.25, -0.2) is 0 Å². The molecule has 0 spiro atoms. The summed E-state index contributed by atoms with van der Waals surface area (Å²) in [6.45, 7) is 2.18. The number of hydrogen-bond donors (Lipinski definition) is 1. The topological polar surface area (TPSA) is 15.3 Å². The Labute approximate surface area is 142 Å². The van der Waals surface area contributed by atoms with Gasteiger partial charge < -0.3 is 4.90 Å². The van der Waals surface area contributed by atoms with Crippen molar-refractivity contribution in [1.29, 1.82) is 0 Å². The van der Waals surface area contributed by atoms with Crippen LogP contribution in [-0.4, -0.2) is 16.3 Å². The normalized spacial score (nSPS) is 22.9. The highest BCUT2D eigenvalue weighted by atomic mass is 127. The Morgan fingerprint density at radius 1 is 1.53 bits per heavy atom. The highest BCUT2D eigenvalue weighted by Crippen LogP contribution is 2.36. The molecule has 1 aliphatic heterocycles. The molecule has 6 heteroatoms. The zero-order chi connectivity index (χ0) is 11.7. The molecule has 1 heterocycles. The van der Waals surface area contributed by atoms with Crippen LogP contribution in [0.25, 0.3) is 0 Å². The molecular formula is C11H15ClI2N2S. The minimum absolute atomic E-state index is 0. The number of nitrogens with zero attached hydrogens (tertiary/aromatic N) is 1. The lowest BCUT2D eigenvalue weighted by Gasteiger charge is -2.40. The standard InChI is InChI=1S/C11H14ClIN2S.HI/c1-7-9-5-8(12)3-4-10(9)15(6-13)11(14-7)16-2;/h3-5,7,11,14H,6H2,1-2H3;1H. The van der Waals surface area contributed by atoms with Crippen LogP contribution in [0.5, 0.6) is 0 Å². The number of alkyl halides is 1. The minimum atomic E-state index is 0. The molecule has 0 aromatic heterocycles. The largest absolute Gasteiger partial charge is 0.338 e. The monoisotopic (exact) mass is 496 g/mol. The van der Waals surface area contributed by atoms with Crippen LogP contribution in [0.4, 0.5) is 5.69 Å². The molecule has 0 saturated heterocycles. The van der Waals surface area contributed by atoms with Gasteiger partial charge in [-0.3, -0.25) is 5.32 Å². The molecule has 1 aromatic carbocycles. The Hall–Kier alpha value is 1.08. The van der Waals surface area contributed by atoms with Crippen LogP contribution in [0.15, 0.2) is 18.2 Å². The molecule has 96 valence electrons. The lowest BCUT2D eigenvalue weighted by Crippen LogP contribution is -2.48. The number of nitrogens with one attached hydrogen (secondary N) is 1. The quantitative estimate of drug-likeness (QED) is 0.370. The fourth-order valence-corrected chi connectivity index (χ4v) is 3.97. The van der Waals surface area contributed by atoms with Gasteiger partial charge in [-0.05, 0) is 36.9 Å². The van der Waals surface area contributed by atoms with Gasteiger partial charge in [0.2, 0.25) is 0 Å². The minimum Gasteiger partial charge on any atom is -0.338 e. The molecule has 0 amide bonds. The van der Waals surface area contributed by atoms with E-state index in [0.29, 0.717) is 11.5 Å². The second-order valence-electron chi connectivity index (χ2n) is 3.77. The number of thioether (sulfide) groups is 1. The first kappa shape index (κ1) is 16.1. The van der Waals surface area contributed by atoms with Crippen LogP contribution in [0.3, 0.4) is 0 Å². The van der Waals surface area contributed by atoms with E-state index >= 15 is 0 Å². The molecule has 2 atom stereocenters. The molecular weight excluding hydrogens is 481 g/mol. The van der Waals surface area contributed by atoms with E-state index < -0.39 is 0 Å². The Bertz CT molecular complexity index is 392. The third-order valence-electron chi connectivity index (χ3n) is 2.79. The predicted octanol–water partition coefficient (Wildman–Crippen LogP) is 4.47. The molecule has 17 heavy (non-hydrogen) atoms. The smallest absolute Gasteiger partial charge is 0.129 e. The van der Waals surface area contributed by atoms with Crippen LogP contribution < -0.4 is 10.2 Å². The molecule has 0 saturated carbocycles. The number of rotatable bonds is 2. The molecule has 0 radical (unpaired) electrons. The van der Waals surface area contributed by atoms with Crippen LogP contribution in [0.1, 0.15) is 18.5 Å². The molecule has 0 aliphatic carbocycles. The Kier molecular flexibility index (Phi) is 6.66. The first-order chi connectivity index (χ1) is 7.67. The van der Waals surface area contributed by atoms with Crippen LogP contribution in [-0.2, 0) is 0 Å². The van der Waals surface area contributed by atoms with Gasteiger partial charge in [-0.1, -0.05) is 34.2 Å². The molecule has 2 nitrogen and oxygen atoms in total. The van der Waals surface area contributed by atoms with Gasteiger partial charge in [0.1, 0.15) is 5.50 Å². The van der Waals surface area contributed by atoms with Crippen molar-refractivity contribution in [2.24, 2.45) is 0 Å². The molecule has 2 unspecified atom stereocenters. The second kappa shape index (κ2) is 7.02. The van der Waals surface area contributed by atoms with Gasteiger partial charge in [-0.2, -0.15) is 0 Å². The Morgan fingerprint density at radius 3 is 2.82 bits per heavy atom. The third-order valence-corrected chi connectivity index (χ3v) is 4.60. The van der Waals surface area contributed by atoms with Crippen molar-refractivity contribution in [2.45, 2.75) is 18.5 Å². The highest BCUT2D eigenvalue weighted by Gasteiger charge is 2.28. The maximum absolute atomic E-state index is 6.05. The number of halogens is 3. The molecule has 1 aliphatic rings. The maximum atomic E-state index is 6.05. The zero-order valence-electron chi connectivity index (χ0n) is 9.61. The SMILES string of the molecule is CSC1NC(C)c2cc(Cl)ccc2N1CI.I. The van der Waals surface area contributed by atoms with E-state index in [9.17, 15) is 0 Å². The fraction of sp³-hybridized carbons (Fsp3) is 0.455. The summed E-state index contributed by atoms with van der Waals surface area (Å²) in [5.41, 5.74) is 2.93. The van der Waals surface area contributed by atoms with Crippen molar-refractivity contribution < 1.29 is 0 Å². The van der Waals surface area contributed by atoms with Crippen molar-refractivity contribution in [3.05, 3.63) is 28.8 Å². The average molecular weight is 497 g/mol. The summed E-state index contributed by atoms with van der Waals surface area (Å²) in [5, 5.41) is 4.38. The van der Waals surface area contributed by atoms with E-state index in [1.807, 2.05) is 17.8 Å². The van der Waals surface area contributed by atoms with Crippen LogP contribution in [0.2, 0.25) is 5.02 Å². The van der Waals surface area contributed by atoms with Gasteiger partial charge in [0.25, 0.3) is 0 Å². The van der Waals surface area contributed by atoms with Gasteiger partial charge in [-0.15, -0.1) is 35.7 Å². The van der Waals surface area contributed by atoms with Gasteiger partial charge in [0.15, 0.2) is 0 Å². The van der Waals surface area contributed by atoms with Gasteiger partial charge in [0.05, 0.1) is 4.55 Å². The average Bonchev–Trinajstić information content (AvgIpc) is 2.29. The van der Waals surface area contributed by atoms with Crippen LogP contribution >= 0.6 is 69.9 Å². The van der Waals surface area contributed by atoms with Crippen molar-refractivity contribution in [2.75, 3.05) is 15.7 Å². The molecule has 0 bridgehead atoms. The summed E-state index contributed by atoms with van der Waals surface area (Å²) in [5.74, 6) is 0. The number of anilines is 1. The molecule has 0 fully saturated rings. The summed E-state index contributed by atoms with van der Waals surface area (Å²) >= 11 is 10.3. The second-order valence-corrected chi connectivity index (χ2v) is 5.81. The molecule has 1 aromatic rings. The van der Waals surface area contributed by atoms with E-state index in [4.69, 9.17) is 11.6 Å². The fourth-order valence-electron chi connectivity index (χ4n) is 1.98. The summed E-state index contributed by atoms with van der Waals surface area (Å²) in [7, 11) is 0. The van der Waals surface area contributed by atoms with E-state index in [0.717, 1.165) is 9.57 Å². The van der Waals surface area contributed by atoms with E-state index in [1.165, 1.54) is 11.3 Å². The maximum Gasteiger partial charge on any atom is 0.129 e. The van der Waals surface area contributed by atoms with Crippen molar-refractivity contribution in [1.82, 2.24) is 5.32 Å². The molecule has 1 N–H and O–H groups in total. The number of fused-ring (bicyclic) bond motifs is 1. The van der Waals surface area contributed by atoms with Crippen molar-refractivity contribution in [3.8, 4) is 0 Å². The van der Waals surface area contributed by atoms with Gasteiger partial charge in [0, 0.05) is 16.8 Å². The Balaban J connectivity index is 0.00000144. The lowest BCUT2D eigenvalue weighted by atomic mass is 10.0. The molecule has 2 rings (SSSR count). The van der Waals surface area contributed by atoms with Crippen molar-refractivity contribution in [3.63, 3.8) is 0 Å². The Morgan fingerprint density at radius 2 is 2.24 bits per heavy atom. The first-order valence-corrected chi connectivity index (χ1v) is 8.27. The summed E-state index contributed by atoms with van der Waals surface area (Å²) < 4.78 is 0.970. The predicted molar refractivity (Wildman–Crippen MR) is 97.1 cm³/mol. The summed E-state index contributed by atoms with van der Waals surface area (Å²) in [6.07, 6.45) is 2.13. The van der Waals surface area contributed by atoms with E-state index in [-0.39, 0.29) is 24.0 Å². The number of benzene rings is 1. The highest BCUT2D eigenvalue weighted by molar-refractivity contribution is 14.1. The summed E-state index contributed by atoms with van der Waals surface area (Å²) in [4.78, 5) is 2.36. The van der Waals surface area contributed by atoms with Crippen molar-refractivity contribution >= 4 is 75.6 Å². The number of hydrogen-bond acceptors (Lipinski definition) is 3. The van der Waals surface area contributed by atoms with Gasteiger partial charge >= 0.3 is 0 Å². The van der Waals surface area contributed by atoms with E-state index in [1.54, 1.807) is 0 Å². The zero-order valence-corrected chi connectivity index (χ0v) is 15.7. The first-order valence-electron chi connectivity index (χ1n) is 5.08. The van der Waals surface area contributed by atoms with Crippen LogP contribution in [0, 0.1) is 0 Å².